The average Bonchev–Trinajstić information content (AvgIpc) is 2.87. The van der Waals surface area contributed by atoms with Crippen molar-refractivity contribution in [2.75, 3.05) is 7.11 Å². The summed E-state index contributed by atoms with van der Waals surface area (Å²) in [5.41, 5.74) is 1.75. The summed E-state index contributed by atoms with van der Waals surface area (Å²) < 4.78 is 31.5. The molecule has 0 saturated carbocycles. The van der Waals surface area contributed by atoms with E-state index < -0.39 is 16.1 Å². The largest absolute Gasteiger partial charge is 0.452 e. The third kappa shape index (κ3) is 2.91. The van der Waals surface area contributed by atoms with Crippen LogP contribution in [0.4, 0.5) is 4.79 Å². The number of sulfonamides is 1. The number of ether oxygens (including phenoxy) is 1. The maximum atomic E-state index is 11.9. The van der Waals surface area contributed by atoms with Gasteiger partial charge in [-0.1, -0.05) is 36.4 Å². The molecule has 1 N–H and O–H groups in total. The van der Waals surface area contributed by atoms with Gasteiger partial charge >= 0.3 is 6.09 Å². The number of hydrogen-bond donors (Lipinski definition) is 1. The molecule has 1 heterocycles. The SMILES string of the molecule is COC(=O)NS(=O)(=O)/C=C\n1c2ccccc2c2ccccc21. The second-order valence-corrected chi connectivity index (χ2v) is 6.39. The van der Waals surface area contributed by atoms with Gasteiger partial charge in [0.15, 0.2) is 0 Å². The Labute approximate surface area is 133 Å². The molecule has 0 spiro atoms. The van der Waals surface area contributed by atoms with Crippen LogP contribution in [-0.2, 0) is 14.8 Å². The lowest BCUT2D eigenvalue weighted by atomic mass is 10.2. The standard InChI is InChI=1S/C16H14N2O4S/c1-22-16(19)17-23(20,21)11-10-18-14-8-4-2-6-12(14)13-7-3-5-9-15(13)18/h2-11H,1H3,(H,17,19)/b11-10-. The Bertz CT molecular complexity index is 966. The van der Waals surface area contributed by atoms with Gasteiger partial charge in [0.2, 0.25) is 0 Å². The van der Waals surface area contributed by atoms with Gasteiger partial charge in [-0.25, -0.2) is 17.9 Å². The maximum Gasteiger partial charge on any atom is 0.420 e. The topological polar surface area (TPSA) is 77.4 Å². The molecule has 0 aliphatic carbocycles. The van der Waals surface area contributed by atoms with Gasteiger partial charge in [0.1, 0.15) is 0 Å². The lowest BCUT2D eigenvalue weighted by Crippen LogP contribution is -2.28. The molecule has 0 fully saturated rings. The minimum atomic E-state index is -3.93. The van der Waals surface area contributed by atoms with E-state index in [9.17, 15) is 13.2 Å². The summed E-state index contributed by atoms with van der Waals surface area (Å²) in [5, 5.41) is 2.97. The molecule has 0 radical (unpaired) electrons. The first-order valence-corrected chi connectivity index (χ1v) is 8.33. The van der Waals surface area contributed by atoms with Crippen molar-refractivity contribution >= 4 is 44.1 Å². The number of nitrogens with one attached hydrogen (secondary N) is 1. The molecule has 0 atom stereocenters. The van der Waals surface area contributed by atoms with Crippen LogP contribution in [-0.4, -0.2) is 26.2 Å². The summed E-state index contributed by atoms with van der Waals surface area (Å²) in [6, 6.07) is 15.4. The number of amides is 1. The van der Waals surface area contributed by atoms with Gasteiger partial charge in [0, 0.05) is 17.0 Å². The number of para-hydroxylation sites is 2. The Morgan fingerprint density at radius 2 is 1.57 bits per heavy atom. The van der Waals surface area contributed by atoms with Gasteiger partial charge < -0.3 is 9.30 Å². The monoisotopic (exact) mass is 330 g/mol. The summed E-state index contributed by atoms with van der Waals surface area (Å²) in [5.74, 6) is 0. The van der Waals surface area contributed by atoms with Crippen LogP contribution < -0.4 is 4.72 Å². The van der Waals surface area contributed by atoms with E-state index in [1.807, 2.05) is 48.5 Å². The zero-order valence-corrected chi connectivity index (χ0v) is 13.1. The number of hydrogen-bond acceptors (Lipinski definition) is 4. The maximum absolute atomic E-state index is 11.9. The van der Waals surface area contributed by atoms with E-state index in [0.29, 0.717) is 0 Å². The molecule has 7 heteroatoms. The Morgan fingerprint density at radius 3 is 2.09 bits per heavy atom. The number of carbonyl (C=O) groups is 1. The Morgan fingerprint density at radius 1 is 1.04 bits per heavy atom. The lowest BCUT2D eigenvalue weighted by molar-refractivity contribution is 0.178. The fraction of sp³-hybridized carbons (Fsp3) is 0.0625. The third-order valence-corrected chi connectivity index (χ3v) is 4.35. The van der Waals surface area contributed by atoms with Crippen LogP contribution in [0.3, 0.4) is 0 Å². The van der Waals surface area contributed by atoms with Crippen LogP contribution in [0.25, 0.3) is 28.0 Å². The number of aromatic nitrogens is 1. The fourth-order valence-corrected chi connectivity index (χ4v) is 3.11. The minimum Gasteiger partial charge on any atom is -0.452 e. The number of rotatable bonds is 3. The van der Waals surface area contributed by atoms with Gasteiger partial charge in [-0.2, -0.15) is 0 Å². The molecule has 23 heavy (non-hydrogen) atoms. The summed E-state index contributed by atoms with van der Waals surface area (Å²) in [7, 11) is -2.83. The van der Waals surface area contributed by atoms with E-state index in [4.69, 9.17) is 0 Å². The number of fused-ring (bicyclic) bond motifs is 3. The Kier molecular flexibility index (Phi) is 3.79. The lowest BCUT2D eigenvalue weighted by Gasteiger charge is -2.02. The molecule has 0 aliphatic rings. The molecule has 0 unspecified atom stereocenters. The highest BCUT2D eigenvalue weighted by molar-refractivity contribution is 7.93. The summed E-state index contributed by atoms with van der Waals surface area (Å²) in [6.07, 6.45) is 0.382. The molecule has 3 rings (SSSR count). The first-order chi connectivity index (χ1) is 11.0. The van der Waals surface area contributed by atoms with Crippen LogP contribution in [0.2, 0.25) is 0 Å². The van der Waals surface area contributed by atoms with Crippen molar-refractivity contribution in [2.24, 2.45) is 0 Å². The number of methoxy groups -OCH3 is 1. The molecule has 0 saturated heterocycles. The minimum absolute atomic E-state index is 0.873. The van der Waals surface area contributed by atoms with Crippen molar-refractivity contribution in [3.63, 3.8) is 0 Å². The molecule has 0 aliphatic heterocycles. The average molecular weight is 330 g/mol. The van der Waals surface area contributed by atoms with E-state index in [2.05, 4.69) is 4.74 Å². The predicted molar refractivity (Wildman–Crippen MR) is 89.2 cm³/mol. The van der Waals surface area contributed by atoms with Crippen LogP contribution >= 0.6 is 0 Å². The molecule has 118 valence electrons. The normalized spacial score (nSPS) is 12.0. The van der Waals surface area contributed by atoms with E-state index in [1.165, 1.54) is 6.20 Å². The Hall–Kier alpha value is -2.80. The highest BCUT2D eigenvalue weighted by Crippen LogP contribution is 2.28. The van der Waals surface area contributed by atoms with Gasteiger partial charge in [0.25, 0.3) is 10.0 Å². The molecule has 2 aromatic carbocycles. The molecular weight excluding hydrogens is 316 g/mol. The van der Waals surface area contributed by atoms with Gasteiger partial charge in [-0.05, 0) is 12.1 Å². The zero-order chi connectivity index (χ0) is 16.4. The second-order valence-electron chi connectivity index (χ2n) is 4.83. The van der Waals surface area contributed by atoms with Crippen LogP contribution in [0.15, 0.2) is 53.9 Å². The second kappa shape index (κ2) is 5.77. The first-order valence-electron chi connectivity index (χ1n) is 6.78. The summed E-state index contributed by atoms with van der Waals surface area (Å²) in [6.45, 7) is 0. The highest BCUT2D eigenvalue weighted by atomic mass is 32.2. The zero-order valence-electron chi connectivity index (χ0n) is 12.3. The molecule has 6 nitrogen and oxygen atoms in total. The predicted octanol–water partition coefficient (Wildman–Crippen LogP) is 2.91. The van der Waals surface area contributed by atoms with Crippen molar-refractivity contribution in [2.45, 2.75) is 0 Å². The van der Waals surface area contributed by atoms with Gasteiger partial charge in [-0.3, -0.25) is 0 Å². The van der Waals surface area contributed by atoms with Gasteiger partial charge in [-0.15, -0.1) is 0 Å². The van der Waals surface area contributed by atoms with E-state index in [0.717, 1.165) is 34.3 Å². The molecule has 0 bridgehead atoms. The van der Waals surface area contributed by atoms with Crippen molar-refractivity contribution < 1.29 is 17.9 Å². The Balaban J connectivity index is 2.12. The molecular formula is C16H14N2O4S. The fourth-order valence-electron chi connectivity index (χ4n) is 2.45. The quantitative estimate of drug-likeness (QED) is 0.801. The van der Waals surface area contributed by atoms with Crippen LogP contribution in [0.5, 0.6) is 0 Å². The van der Waals surface area contributed by atoms with Crippen molar-refractivity contribution in [1.29, 1.82) is 0 Å². The number of carbonyl (C=O) groups excluding carboxylic acids is 1. The first kappa shape index (κ1) is 15.1. The number of nitrogens with zero attached hydrogens (tertiary/aromatic N) is 1. The smallest absolute Gasteiger partial charge is 0.420 e. The third-order valence-electron chi connectivity index (χ3n) is 3.42. The summed E-state index contributed by atoms with van der Waals surface area (Å²) in [4.78, 5) is 11.1. The van der Waals surface area contributed by atoms with Crippen LogP contribution in [0.1, 0.15) is 0 Å². The molecule has 1 aromatic heterocycles. The van der Waals surface area contributed by atoms with Crippen molar-refractivity contribution in [3.8, 4) is 0 Å². The number of benzene rings is 2. The molecule has 1 amide bonds. The van der Waals surface area contributed by atoms with E-state index >= 15 is 0 Å². The van der Waals surface area contributed by atoms with Crippen molar-refractivity contribution in [3.05, 3.63) is 53.9 Å². The van der Waals surface area contributed by atoms with Crippen molar-refractivity contribution in [1.82, 2.24) is 9.29 Å². The van der Waals surface area contributed by atoms with E-state index in [1.54, 1.807) is 9.29 Å². The van der Waals surface area contributed by atoms with Gasteiger partial charge in [0.05, 0.1) is 23.6 Å². The van der Waals surface area contributed by atoms with E-state index in [-0.39, 0.29) is 0 Å². The van der Waals surface area contributed by atoms with Crippen LogP contribution in [0, 0.1) is 0 Å². The molecule has 3 aromatic rings. The highest BCUT2D eigenvalue weighted by Gasteiger charge is 2.12. The summed E-state index contributed by atoms with van der Waals surface area (Å²) >= 11 is 0.